The molecule has 3 aliphatic heterocycles. The fourth-order valence-electron chi connectivity index (χ4n) is 4.90. The minimum Gasteiger partial charge on any atom is -0.324 e. The number of nitrogens with one attached hydrogen (secondary N) is 1. The number of anilines is 1. The smallest absolute Gasteiger partial charge is 0.248 e. The highest BCUT2D eigenvalue weighted by Gasteiger charge is 2.52. The number of fused-ring (bicyclic) bond motifs is 1. The van der Waals surface area contributed by atoms with Gasteiger partial charge in [-0.15, -0.1) is 11.8 Å². The number of carbonyl (C=O) groups excluding carboxylic acids is 2. The molecule has 3 heterocycles. The number of sulfonamides is 1. The molecule has 3 aliphatic rings. The minimum atomic E-state index is -3.55. The van der Waals surface area contributed by atoms with Crippen LogP contribution in [0.4, 0.5) is 5.69 Å². The third-order valence-electron chi connectivity index (χ3n) is 6.34. The number of hydrogen-bond acceptors (Lipinski definition) is 5. The van der Waals surface area contributed by atoms with Gasteiger partial charge in [0.2, 0.25) is 21.8 Å². The van der Waals surface area contributed by atoms with Crippen LogP contribution in [-0.4, -0.2) is 59.2 Å². The summed E-state index contributed by atoms with van der Waals surface area (Å²) in [5.74, 6) is 1.05. The van der Waals surface area contributed by atoms with Crippen LogP contribution in [-0.2, 0) is 19.6 Å². The lowest BCUT2D eigenvalue weighted by Crippen LogP contribution is -2.48. The molecule has 0 aliphatic carbocycles. The van der Waals surface area contributed by atoms with Gasteiger partial charge in [0.1, 0.15) is 6.04 Å². The van der Waals surface area contributed by atoms with Gasteiger partial charge in [0.25, 0.3) is 0 Å². The van der Waals surface area contributed by atoms with Gasteiger partial charge in [-0.1, -0.05) is 13.8 Å². The number of amides is 2. The molecule has 1 aromatic carbocycles. The summed E-state index contributed by atoms with van der Waals surface area (Å²) in [6.07, 6.45) is 2.28. The Morgan fingerprint density at radius 1 is 1.17 bits per heavy atom. The summed E-state index contributed by atoms with van der Waals surface area (Å²) < 4.78 is 27.6. The Balaban J connectivity index is 1.45. The lowest BCUT2D eigenvalue weighted by Gasteiger charge is -2.34. The van der Waals surface area contributed by atoms with E-state index in [0.29, 0.717) is 42.8 Å². The van der Waals surface area contributed by atoms with Crippen molar-refractivity contribution in [3.63, 3.8) is 0 Å². The summed E-state index contributed by atoms with van der Waals surface area (Å²) in [6, 6.07) is 5.84. The molecule has 30 heavy (non-hydrogen) atoms. The van der Waals surface area contributed by atoms with Crippen molar-refractivity contribution in [2.75, 3.05) is 24.2 Å². The molecule has 0 unspecified atom stereocenters. The minimum absolute atomic E-state index is 0.0223. The lowest BCUT2D eigenvalue weighted by molar-refractivity contribution is -0.135. The van der Waals surface area contributed by atoms with Crippen LogP contribution in [0.5, 0.6) is 0 Å². The van der Waals surface area contributed by atoms with Crippen molar-refractivity contribution in [3.05, 3.63) is 24.3 Å². The van der Waals surface area contributed by atoms with Crippen molar-refractivity contribution >= 4 is 39.3 Å². The van der Waals surface area contributed by atoms with Crippen LogP contribution in [0.15, 0.2) is 29.2 Å². The van der Waals surface area contributed by atoms with E-state index in [9.17, 15) is 18.0 Å². The zero-order chi connectivity index (χ0) is 21.7. The van der Waals surface area contributed by atoms with Crippen LogP contribution in [0.3, 0.4) is 0 Å². The molecule has 0 aromatic heterocycles. The Morgan fingerprint density at radius 2 is 1.80 bits per heavy atom. The van der Waals surface area contributed by atoms with Crippen molar-refractivity contribution in [1.82, 2.24) is 9.21 Å². The number of thioether (sulfide) groups is 1. The molecule has 0 saturated carbocycles. The van der Waals surface area contributed by atoms with Crippen LogP contribution < -0.4 is 5.32 Å². The highest BCUT2D eigenvalue weighted by atomic mass is 32.2. The van der Waals surface area contributed by atoms with Crippen molar-refractivity contribution < 1.29 is 18.0 Å². The predicted molar refractivity (Wildman–Crippen MR) is 118 cm³/mol. The highest BCUT2D eigenvalue weighted by Crippen LogP contribution is 2.47. The summed E-state index contributed by atoms with van der Waals surface area (Å²) in [6.45, 7) is 7.24. The number of rotatable bonds is 4. The summed E-state index contributed by atoms with van der Waals surface area (Å²) in [5, 5.41) is 2.85. The molecule has 4 atom stereocenters. The second-order valence-corrected chi connectivity index (χ2v) is 12.5. The fraction of sp³-hybridized carbons (Fsp3) is 0.619. The van der Waals surface area contributed by atoms with E-state index in [1.165, 1.54) is 0 Å². The van der Waals surface area contributed by atoms with Crippen LogP contribution in [0, 0.1) is 11.8 Å². The lowest BCUT2D eigenvalue weighted by atomic mass is 9.94. The van der Waals surface area contributed by atoms with Gasteiger partial charge in [-0.05, 0) is 55.9 Å². The second-order valence-electron chi connectivity index (χ2n) is 9.05. The summed E-state index contributed by atoms with van der Waals surface area (Å²) in [4.78, 5) is 26.7. The summed E-state index contributed by atoms with van der Waals surface area (Å²) >= 11 is 1.65. The SMILES string of the molecule is C[C@@H]1C[C@H](C)CN(S(=O)(=O)c2ccc(NC(=O)[C@H]3CS[C@@]4(C)CCC(=O)N34)cc2)C1. The van der Waals surface area contributed by atoms with Crippen molar-refractivity contribution in [1.29, 1.82) is 0 Å². The fourth-order valence-corrected chi connectivity index (χ4v) is 8.01. The Bertz CT molecular complexity index is 940. The van der Waals surface area contributed by atoms with Gasteiger partial charge in [-0.25, -0.2) is 8.42 Å². The van der Waals surface area contributed by atoms with Gasteiger partial charge < -0.3 is 10.2 Å². The van der Waals surface area contributed by atoms with Gasteiger partial charge in [0.05, 0.1) is 9.77 Å². The van der Waals surface area contributed by atoms with Crippen molar-refractivity contribution in [2.45, 2.75) is 55.8 Å². The molecule has 7 nitrogen and oxygen atoms in total. The molecule has 3 saturated heterocycles. The molecule has 4 rings (SSSR count). The van der Waals surface area contributed by atoms with Crippen molar-refractivity contribution in [2.24, 2.45) is 11.8 Å². The van der Waals surface area contributed by atoms with Crippen molar-refractivity contribution in [3.8, 4) is 0 Å². The highest BCUT2D eigenvalue weighted by molar-refractivity contribution is 8.01. The average Bonchev–Trinajstić information content (AvgIpc) is 3.17. The standard InChI is InChI=1S/C21H29N3O4S2/c1-14-10-15(2)12-23(11-14)30(27,28)17-6-4-16(5-7-17)22-20(26)18-13-29-21(3)9-8-19(25)24(18)21/h4-7,14-15,18H,8-13H2,1-3H3,(H,22,26)/t14-,15+,18-,21+/m1/s1. The Hall–Kier alpha value is -1.58. The monoisotopic (exact) mass is 451 g/mol. The zero-order valence-corrected chi connectivity index (χ0v) is 19.3. The normalized spacial score (nSPS) is 32.3. The number of carbonyl (C=O) groups is 2. The van der Waals surface area contributed by atoms with E-state index in [0.717, 1.165) is 12.8 Å². The van der Waals surface area contributed by atoms with Crippen LogP contribution in [0.25, 0.3) is 0 Å². The van der Waals surface area contributed by atoms with Crippen LogP contribution >= 0.6 is 11.8 Å². The second kappa shape index (κ2) is 7.84. The Kier molecular flexibility index (Phi) is 5.65. The van der Waals surface area contributed by atoms with Crippen LogP contribution in [0.1, 0.15) is 40.0 Å². The first-order valence-corrected chi connectivity index (χ1v) is 12.9. The quantitative estimate of drug-likeness (QED) is 0.761. The third kappa shape index (κ3) is 3.87. The van der Waals surface area contributed by atoms with E-state index in [1.807, 2.05) is 6.92 Å². The molecule has 1 N–H and O–H groups in total. The first-order chi connectivity index (χ1) is 14.1. The number of hydrogen-bond donors (Lipinski definition) is 1. The molecular weight excluding hydrogens is 422 g/mol. The first-order valence-electron chi connectivity index (χ1n) is 10.5. The molecule has 2 amide bonds. The molecule has 164 valence electrons. The van der Waals surface area contributed by atoms with Crippen LogP contribution in [0.2, 0.25) is 0 Å². The predicted octanol–water partition coefficient (Wildman–Crippen LogP) is 2.75. The van der Waals surface area contributed by atoms with E-state index in [4.69, 9.17) is 0 Å². The van der Waals surface area contributed by atoms with Gasteiger partial charge in [0.15, 0.2) is 0 Å². The van der Waals surface area contributed by atoms with E-state index < -0.39 is 16.1 Å². The topological polar surface area (TPSA) is 86.8 Å². The maximum atomic E-state index is 13.0. The first kappa shape index (κ1) is 21.6. The van der Waals surface area contributed by atoms with Gasteiger partial charge in [-0.3, -0.25) is 9.59 Å². The number of nitrogens with zero attached hydrogens (tertiary/aromatic N) is 2. The molecular formula is C21H29N3O4S2. The third-order valence-corrected chi connectivity index (χ3v) is 9.69. The summed E-state index contributed by atoms with van der Waals surface area (Å²) in [7, 11) is -3.55. The van der Waals surface area contributed by atoms with Gasteiger partial charge >= 0.3 is 0 Å². The molecule has 0 radical (unpaired) electrons. The largest absolute Gasteiger partial charge is 0.324 e. The molecule has 9 heteroatoms. The Labute approximate surface area is 182 Å². The molecule has 0 bridgehead atoms. The zero-order valence-electron chi connectivity index (χ0n) is 17.6. The van der Waals surface area contributed by atoms with E-state index >= 15 is 0 Å². The van der Waals surface area contributed by atoms with Gasteiger partial charge in [0, 0.05) is 31.0 Å². The maximum absolute atomic E-state index is 13.0. The number of piperidine rings is 1. The Morgan fingerprint density at radius 3 is 2.43 bits per heavy atom. The van der Waals surface area contributed by atoms with E-state index in [2.05, 4.69) is 19.2 Å². The van der Waals surface area contributed by atoms with Gasteiger partial charge in [-0.2, -0.15) is 4.31 Å². The molecule has 3 fully saturated rings. The maximum Gasteiger partial charge on any atom is 0.248 e. The average molecular weight is 452 g/mol. The van der Waals surface area contributed by atoms with E-state index in [-0.39, 0.29) is 21.6 Å². The number of benzene rings is 1. The molecule has 1 aromatic rings. The molecule has 0 spiro atoms. The van der Waals surface area contributed by atoms with E-state index in [1.54, 1.807) is 45.2 Å². The summed E-state index contributed by atoms with van der Waals surface area (Å²) in [5.41, 5.74) is 0.532.